The highest BCUT2D eigenvalue weighted by atomic mass is 15.3. The minimum Gasteiger partial charge on any atom is -0.308 e. The van der Waals surface area contributed by atoms with E-state index in [1.807, 2.05) is 22.9 Å². The summed E-state index contributed by atoms with van der Waals surface area (Å²) in [6, 6.07) is 8.20. The van der Waals surface area contributed by atoms with E-state index < -0.39 is 0 Å². The lowest BCUT2D eigenvalue weighted by Crippen LogP contribution is -2.18. The molecule has 1 aromatic heterocycles. The van der Waals surface area contributed by atoms with Gasteiger partial charge in [0.05, 0.1) is 12.1 Å². The van der Waals surface area contributed by atoms with E-state index in [4.69, 9.17) is 0 Å². The molecule has 1 aromatic carbocycles. The van der Waals surface area contributed by atoms with Gasteiger partial charge in [0, 0.05) is 18.1 Å². The highest BCUT2D eigenvalue weighted by Gasteiger charge is 1.98. The summed E-state index contributed by atoms with van der Waals surface area (Å²) in [4.78, 5) is 2.16. The standard InChI is InChI=1S/C11H15N3/c1-13(2)7-8-14-9-10-5-3-4-6-11(10)12-14/h3-6,9H,7-8H2,1-2H3. The van der Waals surface area contributed by atoms with Crippen molar-refractivity contribution in [1.29, 1.82) is 0 Å². The van der Waals surface area contributed by atoms with Gasteiger partial charge in [-0.25, -0.2) is 0 Å². The minimum atomic E-state index is 0.946. The first-order valence-corrected chi connectivity index (χ1v) is 4.82. The van der Waals surface area contributed by atoms with Gasteiger partial charge in [-0.05, 0) is 20.2 Å². The van der Waals surface area contributed by atoms with E-state index in [1.54, 1.807) is 0 Å². The van der Waals surface area contributed by atoms with Gasteiger partial charge in [-0.3, -0.25) is 4.68 Å². The molecule has 2 rings (SSSR count). The maximum atomic E-state index is 4.47. The predicted molar refractivity (Wildman–Crippen MR) is 58.3 cm³/mol. The number of aromatic nitrogens is 2. The molecule has 0 saturated carbocycles. The Labute approximate surface area is 83.9 Å². The van der Waals surface area contributed by atoms with E-state index in [-0.39, 0.29) is 0 Å². The third kappa shape index (κ3) is 1.93. The summed E-state index contributed by atoms with van der Waals surface area (Å²) < 4.78 is 2.00. The van der Waals surface area contributed by atoms with Crippen LogP contribution in [0.1, 0.15) is 0 Å². The molecule has 0 aliphatic carbocycles. The summed E-state index contributed by atoms with van der Waals surface area (Å²) in [5, 5.41) is 5.69. The number of hydrogen-bond acceptors (Lipinski definition) is 2. The van der Waals surface area contributed by atoms with Gasteiger partial charge in [0.25, 0.3) is 0 Å². The van der Waals surface area contributed by atoms with Crippen molar-refractivity contribution in [3.8, 4) is 0 Å². The van der Waals surface area contributed by atoms with E-state index in [2.05, 4.69) is 36.4 Å². The average molecular weight is 189 g/mol. The highest BCUT2D eigenvalue weighted by molar-refractivity contribution is 5.77. The zero-order valence-electron chi connectivity index (χ0n) is 8.64. The van der Waals surface area contributed by atoms with Crippen LogP contribution in [0.5, 0.6) is 0 Å². The van der Waals surface area contributed by atoms with Crippen LogP contribution in [0.15, 0.2) is 30.5 Å². The number of nitrogens with zero attached hydrogens (tertiary/aromatic N) is 3. The minimum absolute atomic E-state index is 0.946. The molecule has 0 bridgehead atoms. The zero-order chi connectivity index (χ0) is 9.97. The van der Waals surface area contributed by atoms with Gasteiger partial charge >= 0.3 is 0 Å². The quantitative estimate of drug-likeness (QED) is 0.731. The van der Waals surface area contributed by atoms with Crippen molar-refractivity contribution in [1.82, 2.24) is 14.7 Å². The summed E-state index contributed by atoms with van der Waals surface area (Å²) in [7, 11) is 4.15. The number of likely N-dealkylation sites (N-methyl/N-ethyl adjacent to an activating group) is 1. The van der Waals surface area contributed by atoms with E-state index in [9.17, 15) is 0 Å². The second-order valence-corrected chi connectivity index (χ2v) is 3.75. The largest absolute Gasteiger partial charge is 0.308 e. The van der Waals surface area contributed by atoms with Crippen LogP contribution in [0.4, 0.5) is 0 Å². The molecule has 0 aliphatic heterocycles. The smallest absolute Gasteiger partial charge is 0.0923 e. The first-order chi connectivity index (χ1) is 6.75. The van der Waals surface area contributed by atoms with Crippen molar-refractivity contribution >= 4 is 10.9 Å². The van der Waals surface area contributed by atoms with Gasteiger partial charge in [-0.15, -0.1) is 0 Å². The van der Waals surface area contributed by atoms with E-state index in [0.717, 1.165) is 18.6 Å². The Hall–Kier alpha value is -1.35. The summed E-state index contributed by atoms with van der Waals surface area (Å²) in [6.07, 6.45) is 2.10. The Morgan fingerprint density at radius 1 is 1.29 bits per heavy atom. The maximum absolute atomic E-state index is 4.47. The van der Waals surface area contributed by atoms with Crippen LogP contribution in [-0.4, -0.2) is 35.3 Å². The molecule has 0 amide bonds. The van der Waals surface area contributed by atoms with Crippen molar-refractivity contribution in [2.24, 2.45) is 0 Å². The molecule has 0 atom stereocenters. The number of rotatable bonds is 3. The zero-order valence-corrected chi connectivity index (χ0v) is 8.64. The van der Waals surface area contributed by atoms with E-state index >= 15 is 0 Å². The molecular weight excluding hydrogens is 174 g/mol. The fraction of sp³-hybridized carbons (Fsp3) is 0.364. The molecular formula is C11H15N3. The molecule has 0 aliphatic rings. The fourth-order valence-electron chi connectivity index (χ4n) is 1.43. The molecule has 1 heterocycles. The van der Waals surface area contributed by atoms with Gasteiger partial charge < -0.3 is 4.90 Å². The molecule has 2 aromatic rings. The molecule has 14 heavy (non-hydrogen) atoms. The Kier molecular flexibility index (Phi) is 2.50. The van der Waals surface area contributed by atoms with Crippen LogP contribution in [0, 0.1) is 0 Å². The number of fused-ring (bicyclic) bond motifs is 1. The first kappa shape index (κ1) is 9.21. The summed E-state index contributed by atoms with van der Waals surface area (Å²) in [5.41, 5.74) is 1.08. The van der Waals surface area contributed by atoms with Crippen LogP contribution in [-0.2, 0) is 6.54 Å². The third-order valence-electron chi connectivity index (χ3n) is 2.24. The molecule has 0 N–H and O–H groups in total. The van der Waals surface area contributed by atoms with Crippen molar-refractivity contribution in [2.45, 2.75) is 6.54 Å². The fourth-order valence-corrected chi connectivity index (χ4v) is 1.43. The Bertz CT molecular complexity index is 384. The van der Waals surface area contributed by atoms with Crippen LogP contribution in [0.2, 0.25) is 0 Å². The average Bonchev–Trinajstić information content (AvgIpc) is 2.57. The van der Waals surface area contributed by atoms with Gasteiger partial charge in [-0.1, -0.05) is 18.2 Å². The van der Waals surface area contributed by atoms with Gasteiger partial charge in [0.1, 0.15) is 0 Å². The number of benzene rings is 1. The second kappa shape index (κ2) is 3.80. The summed E-state index contributed by atoms with van der Waals surface area (Å²) >= 11 is 0. The van der Waals surface area contributed by atoms with Crippen LogP contribution >= 0.6 is 0 Å². The van der Waals surface area contributed by atoms with Crippen LogP contribution in [0.25, 0.3) is 10.9 Å². The molecule has 0 radical (unpaired) electrons. The topological polar surface area (TPSA) is 21.1 Å². The molecule has 3 nitrogen and oxygen atoms in total. The summed E-state index contributed by atoms with van der Waals surface area (Å²) in [5.74, 6) is 0. The summed E-state index contributed by atoms with van der Waals surface area (Å²) in [6.45, 7) is 1.97. The van der Waals surface area contributed by atoms with E-state index in [0.29, 0.717) is 0 Å². The van der Waals surface area contributed by atoms with Gasteiger partial charge in [0.2, 0.25) is 0 Å². The third-order valence-corrected chi connectivity index (χ3v) is 2.24. The van der Waals surface area contributed by atoms with Gasteiger partial charge in [-0.2, -0.15) is 5.10 Å². The SMILES string of the molecule is CN(C)CCn1cc2ccccc2n1. The maximum Gasteiger partial charge on any atom is 0.0923 e. The van der Waals surface area contributed by atoms with Crippen molar-refractivity contribution in [2.75, 3.05) is 20.6 Å². The lowest BCUT2D eigenvalue weighted by Gasteiger charge is -2.08. The van der Waals surface area contributed by atoms with Crippen LogP contribution < -0.4 is 0 Å². The molecule has 0 unspecified atom stereocenters. The normalized spacial score (nSPS) is 11.4. The van der Waals surface area contributed by atoms with Crippen molar-refractivity contribution in [3.05, 3.63) is 30.5 Å². The van der Waals surface area contributed by atoms with Crippen LogP contribution in [0.3, 0.4) is 0 Å². The number of hydrogen-bond donors (Lipinski definition) is 0. The monoisotopic (exact) mass is 189 g/mol. The lowest BCUT2D eigenvalue weighted by atomic mass is 10.3. The molecule has 0 saturated heterocycles. The Morgan fingerprint density at radius 2 is 2.07 bits per heavy atom. The molecule has 74 valence electrons. The van der Waals surface area contributed by atoms with E-state index in [1.165, 1.54) is 5.39 Å². The second-order valence-electron chi connectivity index (χ2n) is 3.75. The Balaban J connectivity index is 2.19. The van der Waals surface area contributed by atoms with Crippen molar-refractivity contribution < 1.29 is 0 Å². The van der Waals surface area contributed by atoms with Gasteiger partial charge in [0.15, 0.2) is 0 Å². The highest BCUT2D eigenvalue weighted by Crippen LogP contribution is 2.10. The first-order valence-electron chi connectivity index (χ1n) is 4.82. The Morgan fingerprint density at radius 3 is 2.79 bits per heavy atom. The molecule has 0 fully saturated rings. The van der Waals surface area contributed by atoms with Crippen molar-refractivity contribution in [3.63, 3.8) is 0 Å². The predicted octanol–water partition coefficient (Wildman–Crippen LogP) is 1.60. The lowest BCUT2D eigenvalue weighted by molar-refractivity contribution is 0.374. The molecule has 0 spiro atoms. The molecule has 3 heteroatoms.